The van der Waals surface area contributed by atoms with E-state index in [1.54, 1.807) is 0 Å². The van der Waals surface area contributed by atoms with Crippen LogP contribution in [0.15, 0.2) is 180 Å². The normalized spacial score (nSPS) is 11.7. The predicted octanol–water partition coefficient (Wildman–Crippen LogP) is 13.9. The minimum Gasteiger partial charge on any atom is -0.456 e. The van der Waals surface area contributed by atoms with Gasteiger partial charge in [0.2, 0.25) is 0 Å². The van der Waals surface area contributed by atoms with Crippen LogP contribution in [-0.2, 0) is 0 Å². The molecule has 230 valence electrons. The molecule has 0 unspecified atom stereocenters. The summed E-state index contributed by atoms with van der Waals surface area (Å²) in [6.07, 6.45) is 0. The molecule has 0 aliphatic carbocycles. The van der Waals surface area contributed by atoms with Crippen LogP contribution in [0, 0.1) is 0 Å². The first-order valence-corrected chi connectivity index (χ1v) is 17.4. The van der Waals surface area contributed by atoms with Gasteiger partial charge in [0, 0.05) is 53.8 Å². The summed E-state index contributed by atoms with van der Waals surface area (Å²) in [5.74, 6) is 0. The van der Waals surface area contributed by atoms with Gasteiger partial charge >= 0.3 is 0 Å². The molecule has 2 aromatic heterocycles. The Hall–Kier alpha value is -6.16. The number of para-hydroxylation sites is 1. The van der Waals surface area contributed by atoms with Gasteiger partial charge in [0.15, 0.2) is 0 Å². The van der Waals surface area contributed by atoms with Crippen LogP contribution in [0.5, 0.6) is 0 Å². The van der Waals surface area contributed by atoms with Crippen LogP contribution < -0.4 is 4.90 Å². The fraction of sp³-hybridized carbons (Fsp3) is 0. The number of thiophene rings is 1. The summed E-state index contributed by atoms with van der Waals surface area (Å²) in [6.45, 7) is 0. The highest BCUT2D eigenvalue weighted by molar-refractivity contribution is 7.26. The minimum atomic E-state index is 0.883. The Morgan fingerprint density at radius 2 is 1.00 bits per heavy atom. The van der Waals surface area contributed by atoms with E-state index in [1.165, 1.54) is 53.2 Å². The molecule has 0 aliphatic rings. The van der Waals surface area contributed by atoms with Crippen molar-refractivity contribution in [3.63, 3.8) is 0 Å². The number of hydrogen-bond acceptors (Lipinski definition) is 3. The maximum absolute atomic E-state index is 6.52. The van der Waals surface area contributed by atoms with Crippen LogP contribution >= 0.6 is 11.3 Å². The smallest absolute Gasteiger partial charge is 0.138 e. The molecular weight excluding hydrogens is 615 g/mol. The number of nitrogens with zero attached hydrogens (tertiary/aromatic N) is 1. The molecule has 8 aromatic carbocycles. The summed E-state index contributed by atoms with van der Waals surface area (Å²) in [7, 11) is 0. The van der Waals surface area contributed by atoms with Crippen LogP contribution in [0.1, 0.15) is 0 Å². The third-order valence-corrected chi connectivity index (χ3v) is 10.9. The van der Waals surface area contributed by atoms with Gasteiger partial charge in [-0.15, -0.1) is 11.3 Å². The van der Waals surface area contributed by atoms with E-state index in [9.17, 15) is 0 Å². The average molecular weight is 644 g/mol. The number of rotatable bonds is 5. The van der Waals surface area contributed by atoms with Crippen LogP contribution in [0.3, 0.4) is 0 Å². The first-order valence-electron chi connectivity index (χ1n) is 16.6. The molecule has 0 aliphatic heterocycles. The topological polar surface area (TPSA) is 16.4 Å². The number of fused-ring (bicyclic) bond motifs is 8. The van der Waals surface area contributed by atoms with E-state index in [0.717, 1.165) is 39.0 Å². The zero-order chi connectivity index (χ0) is 32.3. The molecule has 10 aromatic rings. The molecule has 0 bridgehead atoms. The average Bonchev–Trinajstić information content (AvgIpc) is 3.75. The second-order valence-corrected chi connectivity index (χ2v) is 13.5. The van der Waals surface area contributed by atoms with Crippen molar-refractivity contribution in [1.29, 1.82) is 0 Å². The van der Waals surface area contributed by atoms with Crippen molar-refractivity contribution in [1.82, 2.24) is 0 Å². The van der Waals surface area contributed by atoms with Gasteiger partial charge in [0.05, 0.1) is 5.69 Å². The summed E-state index contributed by atoms with van der Waals surface area (Å²) < 4.78 is 9.16. The molecule has 0 saturated heterocycles. The SMILES string of the molecule is c1ccc(-c2ccc(N(c3ccc(-c4cccc5c4sc4ccccc45)cc3)c3cc4oc5ccccc5c4c4ccccc34)cc2)cc1. The fourth-order valence-electron chi connectivity index (χ4n) is 7.38. The van der Waals surface area contributed by atoms with Crippen LogP contribution in [0.25, 0.3) is 75.1 Å². The first kappa shape index (κ1) is 27.9. The molecule has 3 heteroatoms. The van der Waals surface area contributed by atoms with E-state index < -0.39 is 0 Å². The molecule has 0 saturated carbocycles. The van der Waals surface area contributed by atoms with Gasteiger partial charge in [-0.2, -0.15) is 0 Å². The lowest BCUT2D eigenvalue weighted by Crippen LogP contribution is -2.10. The molecule has 0 spiro atoms. The van der Waals surface area contributed by atoms with E-state index in [0.29, 0.717) is 0 Å². The quantitative estimate of drug-likeness (QED) is 0.186. The first-order chi connectivity index (χ1) is 24.3. The zero-order valence-corrected chi connectivity index (χ0v) is 27.3. The number of benzene rings is 8. The molecule has 49 heavy (non-hydrogen) atoms. The van der Waals surface area contributed by atoms with Crippen LogP contribution in [0.4, 0.5) is 17.1 Å². The van der Waals surface area contributed by atoms with Crippen molar-refractivity contribution in [3.8, 4) is 22.3 Å². The molecule has 0 radical (unpaired) electrons. The number of hydrogen-bond donors (Lipinski definition) is 0. The Morgan fingerprint density at radius 3 is 1.78 bits per heavy atom. The molecule has 0 fully saturated rings. The fourth-order valence-corrected chi connectivity index (χ4v) is 8.62. The van der Waals surface area contributed by atoms with Crippen molar-refractivity contribution in [3.05, 3.63) is 176 Å². The van der Waals surface area contributed by atoms with Gasteiger partial charge in [-0.25, -0.2) is 0 Å². The lowest BCUT2D eigenvalue weighted by atomic mass is 9.99. The summed E-state index contributed by atoms with van der Waals surface area (Å²) in [4.78, 5) is 2.37. The predicted molar refractivity (Wildman–Crippen MR) is 210 cm³/mol. The van der Waals surface area contributed by atoms with Gasteiger partial charge in [-0.05, 0) is 64.0 Å². The van der Waals surface area contributed by atoms with Gasteiger partial charge in [-0.3, -0.25) is 0 Å². The summed E-state index contributed by atoms with van der Waals surface area (Å²) >= 11 is 1.87. The minimum absolute atomic E-state index is 0.883. The third kappa shape index (κ3) is 4.55. The molecule has 10 rings (SSSR count). The molecule has 2 nitrogen and oxygen atoms in total. The molecule has 2 heterocycles. The Bertz CT molecular complexity index is 2810. The third-order valence-electron chi connectivity index (χ3n) is 9.68. The van der Waals surface area contributed by atoms with Gasteiger partial charge in [-0.1, -0.05) is 133 Å². The summed E-state index contributed by atoms with van der Waals surface area (Å²) in [5, 5.41) is 7.28. The number of anilines is 3. The molecule has 0 N–H and O–H groups in total. The van der Waals surface area contributed by atoms with Gasteiger partial charge < -0.3 is 9.32 Å². The number of furan rings is 1. The van der Waals surface area contributed by atoms with Crippen molar-refractivity contribution in [2.24, 2.45) is 0 Å². The highest BCUT2D eigenvalue weighted by Gasteiger charge is 2.21. The Kier molecular flexibility index (Phi) is 6.39. The van der Waals surface area contributed by atoms with Crippen molar-refractivity contribution in [2.45, 2.75) is 0 Å². The standard InChI is InChI=1S/C46H29NOS/c1-2-11-30(12-3-1)31-21-25-33(26-22-31)47(41-29-43-45(38-15-5-4-13-36(38)41)40-16-6-8-19-42(40)48-43)34-27-23-32(24-28-34)35-17-10-18-39-37-14-7-9-20-44(37)49-46(35)39/h1-29H. The largest absolute Gasteiger partial charge is 0.456 e. The van der Waals surface area contributed by atoms with E-state index >= 15 is 0 Å². The highest BCUT2D eigenvalue weighted by atomic mass is 32.1. The Morgan fingerprint density at radius 1 is 0.408 bits per heavy atom. The van der Waals surface area contributed by atoms with E-state index in [-0.39, 0.29) is 0 Å². The lowest BCUT2D eigenvalue weighted by Gasteiger charge is -2.27. The van der Waals surface area contributed by atoms with Crippen molar-refractivity contribution in [2.75, 3.05) is 4.90 Å². The Labute approximate surface area is 287 Å². The van der Waals surface area contributed by atoms with E-state index in [1.807, 2.05) is 17.4 Å². The zero-order valence-electron chi connectivity index (χ0n) is 26.5. The molecule has 0 amide bonds. The van der Waals surface area contributed by atoms with Crippen LogP contribution in [0.2, 0.25) is 0 Å². The monoisotopic (exact) mass is 643 g/mol. The maximum Gasteiger partial charge on any atom is 0.138 e. The van der Waals surface area contributed by atoms with Crippen molar-refractivity contribution >= 4 is 81.3 Å². The second-order valence-electron chi connectivity index (χ2n) is 12.5. The highest BCUT2D eigenvalue weighted by Crippen LogP contribution is 2.46. The van der Waals surface area contributed by atoms with E-state index in [2.05, 4.69) is 175 Å². The molecular formula is C46H29NOS. The molecule has 0 atom stereocenters. The van der Waals surface area contributed by atoms with Crippen LogP contribution in [-0.4, -0.2) is 0 Å². The summed E-state index contributed by atoms with van der Waals surface area (Å²) in [5.41, 5.74) is 9.89. The van der Waals surface area contributed by atoms with E-state index in [4.69, 9.17) is 4.42 Å². The van der Waals surface area contributed by atoms with Gasteiger partial charge in [0.1, 0.15) is 11.2 Å². The van der Waals surface area contributed by atoms with Gasteiger partial charge in [0.25, 0.3) is 0 Å². The summed E-state index contributed by atoms with van der Waals surface area (Å²) in [6, 6.07) is 63.1. The Balaban J connectivity index is 1.17. The maximum atomic E-state index is 6.52. The lowest BCUT2D eigenvalue weighted by molar-refractivity contribution is 0.669. The van der Waals surface area contributed by atoms with Crippen molar-refractivity contribution < 1.29 is 4.42 Å². The second kappa shape index (κ2) is 11.2.